The van der Waals surface area contributed by atoms with Crippen molar-refractivity contribution in [2.24, 2.45) is 7.05 Å². The summed E-state index contributed by atoms with van der Waals surface area (Å²) in [5, 5.41) is 4.31. The van der Waals surface area contributed by atoms with Crippen LogP contribution in [0.3, 0.4) is 0 Å². The van der Waals surface area contributed by atoms with Gasteiger partial charge in [0.25, 0.3) is 11.1 Å². The number of aromatic nitrogens is 4. The third kappa shape index (κ3) is 2.50. The first-order chi connectivity index (χ1) is 11.1. The van der Waals surface area contributed by atoms with E-state index < -0.39 is 0 Å². The molecule has 0 spiro atoms. The molecule has 23 heavy (non-hydrogen) atoms. The molecule has 0 radical (unpaired) electrons. The van der Waals surface area contributed by atoms with E-state index in [4.69, 9.17) is 0 Å². The minimum atomic E-state index is -0.129. The molecular formula is C14H10N4O2S3. The zero-order chi connectivity index (χ0) is 16.0. The highest BCUT2D eigenvalue weighted by molar-refractivity contribution is 7.98. The molecule has 0 fully saturated rings. The minimum Gasteiger partial charge on any atom is -0.309 e. The van der Waals surface area contributed by atoms with E-state index in [2.05, 4.69) is 15.0 Å². The standard InChI is InChI=1S/C14H10N4O2S3/c1-18-13(20)11-8(3-5-22-11)16-14(18)23-6-9-15-7-2-4-21-10(7)12(19)17-9/h2-5H,6H2,1H3,(H,15,17,19). The Bertz CT molecular complexity index is 1140. The van der Waals surface area contributed by atoms with E-state index in [9.17, 15) is 9.59 Å². The topological polar surface area (TPSA) is 80.6 Å². The average Bonchev–Trinajstić information content (AvgIpc) is 3.18. The molecule has 0 aliphatic heterocycles. The van der Waals surface area contributed by atoms with Crippen LogP contribution in [0, 0.1) is 0 Å². The number of hydrogen-bond donors (Lipinski definition) is 1. The number of thioether (sulfide) groups is 1. The average molecular weight is 362 g/mol. The van der Waals surface area contributed by atoms with Crippen LogP contribution in [0.15, 0.2) is 37.6 Å². The van der Waals surface area contributed by atoms with Gasteiger partial charge in [-0.05, 0) is 22.9 Å². The van der Waals surface area contributed by atoms with E-state index in [1.165, 1.54) is 39.0 Å². The normalized spacial score (nSPS) is 11.5. The second kappa shape index (κ2) is 5.59. The number of nitrogens with one attached hydrogen (secondary N) is 1. The molecule has 0 saturated carbocycles. The summed E-state index contributed by atoms with van der Waals surface area (Å²) in [5.41, 5.74) is 1.22. The second-order valence-electron chi connectivity index (χ2n) is 4.83. The van der Waals surface area contributed by atoms with Gasteiger partial charge in [0.1, 0.15) is 15.2 Å². The summed E-state index contributed by atoms with van der Waals surface area (Å²) >= 11 is 4.15. The van der Waals surface area contributed by atoms with Crippen LogP contribution in [-0.4, -0.2) is 19.5 Å². The van der Waals surface area contributed by atoms with Crippen molar-refractivity contribution >= 4 is 54.9 Å². The fraction of sp³-hybridized carbons (Fsp3) is 0.143. The Labute approximate surface area is 141 Å². The fourth-order valence-electron chi connectivity index (χ4n) is 2.22. The monoisotopic (exact) mass is 362 g/mol. The summed E-state index contributed by atoms with van der Waals surface area (Å²) in [7, 11) is 1.70. The third-order valence-corrected chi connectivity index (χ3v) is 6.18. The van der Waals surface area contributed by atoms with Crippen LogP contribution >= 0.6 is 34.4 Å². The molecule has 1 N–H and O–H groups in total. The zero-order valence-corrected chi connectivity index (χ0v) is 14.3. The van der Waals surface area contributed by atoms with Crippen molar-refractivity contribution in [3.63, 3.8) is 0 Å². The number of H-pyrrole nitrogens is 1. The predicted molar refractivity (Wildman–Crippen MR) is 94.7 cm³/mol. The molecule has 116 valence electrons. The van der Waals surface area contributed by atoms with Gasteiger partial charge in [-0.1, -0.05) is 11.8 Å². The summed E-state index contributed by atoms with van der Waals surface area (Å²) in [4.78, 5) is 36.0. The van der Waals surface area contributed by atoms with Gasteiger partial charge in [-0.15, -0.1) is 22.7 Å². The van der Waals surface area contributed by atoms with Crippen molar-refractivity contribution in [1.82, 2.24) is 19.5 Å². The van der Waals surface area contributed by atoms with E-state index in [-0.39, 0.29) is 11.1 Å². The van der Waals surface area contributed by atoms with E-state index in [0.29, 0.717) is 37.2 Å². The molecule has 0 aliphatic rings. The quantitative estimate of drug-likeness (QED) is 0.447. The highest BCUT2D eigenvalue weighted by Gasteiger charge is 2.11. The molecule has 4 aromatic heterocycles. The molecule has 0 saturated heterocycles. The first kappa shape index (κ1) is 14.6. The molecule has 0 atom stereocenters. The molecule has 9 heteroatoms. The maximum Gasteiger partial charge on any atom is 0.271 e. The predicted octanol–water partition coefficient (Wildman–Crippen LogP) is 2.59. The van der Waals surface area contributed by atoms with Crippen molar-refractivity contribution in [3.8, 4) is 0 Å². The first-order valence-electron chi connectivity index (χ1n) is 6.67. The molecule has 0 aliphatic carbocycles. The molecule has 0 unspecified atom stereocenters. The molecular weight excluding hydrogens is 352 g/mol. The molecule has 6 nitrogen and oxygen atoms in total. The van der Waals surface area contributed by atoms with Crippen molar-refractivity contribution in [2.45, 2.75) is 10.9 Å². The molecule has 4 aromatic rings. The number of rotatable bonds is 3. The molecule has 0 aromatic carbocycles. The van der Waals surface area contributed by atoms with Crippen molar-refractivity contribution < 1.29 is 0 Å². The summed E-state index contributed by atoms with van der Waals surface area (Å²) in [6.45, 7) is 0. The Kier molecular flexibility index (Phi) is 3.55. The molecule has 4 rings (SSSR count). The van der Waals surface area contributed by atoms with E-state index >= 15 is 0 Å². The van der Waals surface area contributed by atoms with E-state index in [1.54, 1.807) is 7.05 Å². The largest absolute Gasteiger partial charge is 0.309 e. The van der Waals surface area contributed by atoms with Crippen LogP contribution in [0.4, 0.5) is 0 Å². The maximum atomic E-state index is 12.3. The summed E-state index contributed by atoms with van der Waals surface area (Å²) in [6.07, 6.45) is 0. The van der Waals surface area contributed by atoms with Gasteiger partial charge < -0.3 is 4.98 Å². The lowest BCUT2D eigenvalue weighted by molar-refractivity contribution is 0.727. The highest BCUT2D eigenvalue weighted by Crippen LogP contribution is 2.23. The van der Waals surface area contributed by atoms with E-state index in [0.717, 1.165) is 0 Å². The van der Waals surface area contributed by atoms with Crippen LogP contribution in [0.2, 0.25) is 0 Å². The Morgan fingerprint density at radius 2 is 1.83 bits per heavy atom. The van der Waals surface area contributed by atoms with Gasteiger partial charge in [-0.25, -0.2) is 9.97 Å². The maximum absolute atomic E-state index is 12.3. The SMILES string of the molecule is Cn1c(SCc2nc3ccsc3c(=O)[nH]2)nc2ccsc2c1=O. The molecule has 4 heterocycles. The van der Waals surface area contributed by atoms with Crippen LogP contribution in [0.25, 0.3) is 20.4 Å². The number of thiophene rings is 2. The van der Waals surface area contributed by atoms with Gasteiger partial charge in [0.2, 0.25) is 0 Å². The van der Waals surface area contributed by atoms with Crippen LogP contribution < -0.4 is 11.1 Å². The van der Waals surface area contributed by atoms with E-state index in [1.807, 2.05) is 22.9 Å². The Morgan fingerprint density at radius 3 is 2.61 bits per heavy atom. The number of nitrogens with zero attached hydrogens (tertiary/aromatic N) is 3. The van der Waals surface area contributed by atoms with Gasteiger partial charge >= 0.3 is 0 Å². The zero-order valence-electron chi connectivity index (χ0n) is 11.9. The summed E-state index contributed by atoms with van der Waals surface area (Å²) in [5.74, 6) is 1.02. The van der Waals surface area contributed by atoms with Gasteiger partial charge in [-0.2, -0.15) is 0 Å². The second-order valence-corrected chi connectivity index (χ2v) is 7.60. The highest BCUT2D eigenvalue weighted by atomic mass is 32.2. The van der Waals surface area contributed by atoms with Crippen LogP contribution in [-0.2, 0) is 12.8 Å². The number of aromatic amines is 1. The number of fused-ring (bicyclic) bond motifs is 2. The molecule has 0 bridgehead atoms. The summed E-state index contributed by atoms with van der Waals surface area (Å²) in [6, 6.07) is 3.66. The minimum absolute atomic E-state index is 0.0535. The first-order valence-corrected chi connectivity index (χ1v) is 9.41. The van der Waals surface area contributed by atoms with Gasteiger partial charge in [-0.3, -0.25) is 14.2 Å². The van der Waals surface area contributed by atoms with Gasteiger partial charge in [0, 0.05) is 7.05 Å². The van der Waals surface area contributed by atoms with Crippen LogP contribution in [0.1, 0.15) is 5.82 Å². The Balaban J connectivity index is 1.69. The summed E-state index contributed by atoms with van der Waals surface area (Å²) < 4.78 is 2.82. The Morgan fingerprint density at radius 1 is 1.13 bits per heavy atom. The van der Waals surface area contributed by atoms with Gasteiger partial charge in [0.15, 0.2) is 5.16 Å². The van der Waals surface area contributed by atoms with Crippen molar-refractivity contribution in [3.05, 3.63) is 49.4 Å². The lowest BCUT2D eigenvalue weighted by atomic mass is 10.4. The number of hydrogen-bond acceptors (Lipinski definition) is 7. The van der Waals surface area contributed by atoms with Crippen molar-refractivity contribution in [2.75, 3.05) is 0 Å². The third-order valence-electron chi connectivity index (χ3n) is 3.35. The van der Waals surface area contributed by atoms with Gasteiger partial charge in [0.05, 0.1) is 16.8 Å². The fourth-order valence-corrected chi connectivity index (χ4v) is 4.59. The lowest BCUT2D eigenvalue weighted by Crippen LogP contribution is -2.19. The lowest BCUT2D eigenvalue weighted by Gasteiger charge is -2.06. The van der Waals surface area contributed by atoms with Crippen LogP contribution in [0.5, 0.6) is 0 Å². The van der Waals surface area contributed by atoms with Crippen molar-refractivity contribution in [1.29, 1.82) is 0 Å². The Hall–Kier alpha value is -1.97. The smallest absolute Gasteiger partial charge is 0.271 e. The molecule has 0 amide bonds.